The zero-order valence-corrected chi connectivity index (χ0v) is 21.2. The van der Waals surface area contributed by atoms with Gasteiger partial charge in [-0.25, -0.2) is 4.68 Å². The zero-order chi connectivity index (χ0) is 26.2. The number of hydrogen-bond acceptors (Lipinski definition) is 4. The Labute approximate surface area is 217 Å². The molecule has 3 amide bonds. The molecule has 0 bridgehead atoms. The molecule has 4 N–H and O–H groups in total. The van der Waals surface area contributed by atoms with Gasteiger partial charge < -0.3 is 16.4 Å². The lowest BCUT2D eigenvalue weighted by atomic mass is 9.85. The average molecular weight is 502 g/mol. The van der Waals surface area contributed by atoms with Gasteiger partial charge in [-0.2, -0.15) is 5.10 Å². The number of rotatable bonds is 10. The monoisotopic (exact) mass is 501 g/mol. The van der Waals surface area contributed by atoms with Crippen molar-refractivity contribution in [2.24, 2.45) is 11.7 Å². The van der Waals surface area contributed by atoms with Crippen molar-refractivity contribution in [1.82, 2.24) is 20.4 Å². The summed E-state index contributed by atoms with van der Waals surface area (Å²) in [5, 5.41) is 10.0. The Kier molecular flexibility index (Phi) is 8.72. The molecule has 0 spiro atoms. The second-order valence-electron chi connectivity index (χ2n) is 9.84. The highest BCUT2D eigenvalue weighted by molar-refractivity contribution is 5.97. The number of nitrogens with two attached hydrogens (primary N) is 1. The van der Waals surface area contributed by atoms with Gasteiger partial charge in [0.15, 0.2) is 0 Å². The molecule has 8 heteroatoms. The molecular formula is C29H35N5O3. The van der Waals surface area contributed by atoms with Crippen molar-refractivity contribution >= 4 is 17.7 Å². The first-order valence-corrected chi connectivity index (χ1v) is 13.0. The van der Waals surface area contributed by atoms with E-state index in [9.17, 15) is 14.4 Å². The fourth-order valence-corrected chi connectivity index (χ4v) is 4.85. The van der Waals surface area contributed by atoms with Gasteiger partial charge in [-0.15, -0.1) is 0 Å². The number of carbonyl (C=O) groups excluding carboxylic acids is 3. The first-order valence-electron chi connectivity index (χ1n) is 13.0. The molecule has 1 heterocycles. The van der Waals surface area contributed by atoms with Crippen molar-refractivity contribution in [3.63, 3.8) is 0 Å². The Morgan fingerprint density at radius 1 is 0.946 bits per heavy atom. The van der Waals surface area contributed by atoms with E-state index in [0.717, 1.165) is 17.7 Å². The lowest BCUT2D eigenvalue weighted by molar-refractivity contribution is -0.120. The molecule has 0 aliphatic heterocycles. The van der Waals surface area contributed by atoms with Crippen LogP contribution in [0.2, 0.25) is 0 Å². The first-order chi connectivity index (χ1) is 17.9. The molecule has 194 valence electrons. The van der Waals surface area contributed by atoms with E-state index in [0.29, 0.717) is 23.5 Å². The van der Waals surface area contributed by atoms with E-state index in [4.69, 9.17) is 5.73 Å². The van der Waals surface area contributed by atoms with Gasteiger partial charge in [0.1, 0.15) is 6.04 Å². The number of aromatic nitrogens is 2. The SMILES string of the molecule is CC(NC(=O)c1cnn(-c2ccccc2)c1)c1ccc(C(=O)N[C@@H](CCC2CCCCC2)C(N)=O)cc1. The number of hydrogen-bond donors (Lipinski definition) is 3. The third kappa shape index (κ3) is 7.06. The van der Waals surface area contributed by atoms with Crippen LogP contribution in [0.25, 0.3) is 5.69 Å². The van der Waals surface area contributed by atoms with Gasteiger partial charge in [0.05, 0.1) is 23.5 Å². The summed E-state index contributed by atoms with van der Waals surface area (Å²) in [7, 11) is 0. The van der Waals surface area contributed by atoms with Crippen LogP contribution in [0.4, 0.5) is 0 Å². The van der Waals surface area contributed by atoms with Gasteiger partial charge >= 0.3 is 0 Å². The fraction of sp³-hybridized carbons (Fsp3) is 0.379. The second kappa shape index (κ2) is 12.3. The summed E-state index contributed by atoms with van der Waals surface area (Å²) in [5.74, 6) is -0.466. The molecule has 37 heavy (non-hydrogen) atoms. The van der Waals surface area contributed by atoms with Gasteiger partial charge in [0.25, 0.3) is 11.8 Å². The Bertz CT molecular complexity index is 1200. The van der Waals surface area contributed by atoms with Crippen molar-refractivity contribution in [2.75, 3.05) is 0 Å². The summed E-state index contributed by atoms with van der Waals surface area (Å²) in [6, 6.07) is 15.6. The number of benzene rings is 2. The molecule has 1 aliphatic carbocycles. The van der Waals surface area contributed by atoms with Crippen LogP contribution < -0.4 is 16.4 Å². The second-order valence-corrected chi connectivity index (χ2v) is 9.84. The van der Waals surface area contributed by atoms with E-state index in [-0.39, 0.29) is 17.9 Å². The Hall–Kier alpha value is -3.94. The van der Waals surface area contributed by atoms with Gasteiger partial charge in [0, 0.05) is 11.8 Å². The lowest BCUT2D eigenvalue weighted by Gasteiger charge is -2.23. The van der Waals surface area contributed by atoms with E-state index in [1.807, 2.05) is 37.3 Å². The topological polar surface area (TPSA) is 119 Å². The molecule has 2 aromatic carbocycles. The van der Waals surface area contributed by atoms with Crippen molar-refractivity contribution in [3.8, 4) is 5.69 Å². The van der Waals surface area contributed by atoms with E-state index in [1.165, 1.54) is 38.3 Å². The van der Waals surface area contributed by atoms with Crippen LogP contribution in [0.15, 0.2) is 67.0 Å². The molecule has 1 unspecified atom stereocenters. The smallest absolute Gasteiger partial charge is 0.254 e. The largest absolute Gasteiger partial charge is 0.368 e. The number of primary amides is 1. The molecular weight excluding hydrogens is 466 g/mol. The molecule has 0 radical (unpaired) electrons. The van der Waals surface area contributed by atoms with Gasteiger partial charge in [-0.1, -0.05) is 62.4 Å². The third-order valence-electron chi connectivity index (χ3n) is 7.12. The fourth-order valence-electron chi connectivity index (χ4n) is 4.85. The van der Waals surface area contributed by atoms with Crippen molar-refractivity contribution in [2.45, 2.75) is 64.0 Å². The Balaban J connectivity index is 1.31. The van der Waals surface area contributed by atoms with Crippen LogP contribution in [-0.2, 0) is 4.79 Å². The van der Waals surface area contributed by atoms with E-state index < -0.39 is 11.9 Å². The third-order valence-corrected chi connectivity index (χ3v) is 7.12. The van der Waals surface area contributed by atoms with Crippen LogP contribution in [0.1, 0.15) is 84.2 Å². The minimum absolute atomic E-state index is 0.237. The maximum absolute atomic E-state index is 12.8. The van der Waals surface area contributed by atoms with E-state index >= 15 is 0 Å². The Morgan fingerprint density at radius 3 is 2.30 bits per heavy atom. The standard InChI is InChI=1S/C29H35N5O3/c1-20(32-29(37)24-18-31-34(19-24)25-10-6-3-7-11-25)22-13-15-23(16-14-22)28(36)33-26(27(30)35)17-12-21-8-4-2-5-9-21/h3,6-7,10-11,13-16,18-21,26H,2,4-5,8-9,12,17H2,1H3,(H2,30,35)(H,32,37)(H,33,36)/t20?,26-/m0/s1. The molecule has 3 aromatic rings. The van der Waals surface area contributed by atoms with Crippen LogP contribution in [0, 0.1) is 5.92 Å². The summed E-state index contributed by atoms with van der Waals surface area (Å²) in [6.45, 7) is 1.88. The molecule has 1 saturated carbocycles. The van der Waals surface area contributed by atoms with Crippen molar-refractivity contribution in [3.05, 3.63) is 83.7 Å². The van der Waals surface area contributed by atoms with Gasteiger partial charge in [-0.05, 0) is 55.5 Å². The first kappa shape index (κ1) is 26.1. The highest BCUT2D eigenvalue weighted by atomic mass is 16.2. The number of para-hydroxylation sites is 1. The highest BCUT2D eigenvalue weighted by Gasteiger charge is 2.22. The number of nitrogens with one attached hydrogen (secondary N) is 2. The molecule has 8 nitrogen and oxygen atoms in total. The van der Waals surface area contributed by atoms with Crippen molar-refractivity contribution in [1.29, 1.82) is 0 Å². The van der Waals surface area contributed by atoms with Crippen LogP contribution in [0.3, 0.4) is 0 Å². The molecule has 1 aromatic heterocycles. The number of nitrogens with zero attached hydrogens (tertiary/aromatic N) is 2. The molecule has 0 saturated heterocycles. The number of amides is 3. The summed E-state index contributed by atoms with van der Waals surface area (Å²) in [5.41, 5.74) is 8.19. The van der Waals surface area contributed by atoms with Crippen molar-refractivity contribution < 1.29 is 14.4 Å². The summed E-state index contributed by atoms with van der Waals surface area (Å²) in [6.07, 6.45) is 10.8. The maximum Gasteiger partial charge on any atom is 0.254 e. The Morgan fingerprint density at radius 2 is 1.62 bits per heavy atom. The zero-order valence-electron chi connectivity index (χ0n) is 21.2. The molecule has 2 atom stereocenters. The summed E-state index contributed by atoms with van der Waals surface area (Å²) in [4.78, 5) is 37.5. The predicted molar refractivity (Wildman–Crippen MR) is 142 cm³/mol. The van der Waals surface area contributed by atoms with E-state index in [2.05, 4.69) is 15.7 Å². The van der Waals surface area contributed by atoms with Gasteiger partial charge in [-0.3, -0.25) is 14.4 Å². The van der Waals surface area contributed by atoms with Gasteiger partial charge in [0.2, 0.25) is 5.91 Å². The lowest BCUT2D eigenvalue weighted by Crippen LogP contribution is -2.44. The van der Waals surface area contributed by atoms with E-state index in [1.54, 1.807) is 35.1 Å². The summed E-state index contributed by atoms with van der Waals surface area (Å²) < 4.78 is 1.65. The average Bonchev–Trinajstić information content (AvgIpc) is 3.42. The number of carbonyl (C=O) groups is 3. The van der Waals surface area contributed by atoms with Crippen LogP contribution >= 0.6 is 0 Å². The van der Waals surface area contributed by atoms with Crippen LogP contribution in [-0.4, -0.2) is 33.5 Å². The molecule has 1 aliphatic rings. The predicted octanol–water partition coefficient (Wildman–Crippen LogP) is 4.31. The quantitative estimate of drug-likeness (QED) is 0.384. The summed E-state index contributed by atoms with van der Waals surface area (Å²) >= 11 is 0. The minimum Gasteiger partial charge on any atom is -0.368 e. The highest BCUT2D eigenvalue weighted by Crippen LogP contribution is 2.27. The normalized spacial score (nSPS) is 15.5. The maximum atomic E-state index is 12.8. The molecule has 4 rings (SSSR count). The molecule has 1 fully saturated rings. The van der Waals surface area contributed by atoms with Crippen LogP contribution in [0.5, 0.6) is 0 Å². The minimum atomic E-state index is -0.677.